The first-order valence-electron chi connectivity index (χ1n) is 4.13. The Morgan fingerprint density at radius 1 is 1.54 bits per heavy atom. The normalized spacial score (nSPS) is 12.2. The summed E-state index contributed by atoms with van der Waals surface area (Å²) in [6, 6.07) is 6.19. The fourth-order valence-corrected chi connectivity index (χ4v) is 1.55. The van der Waals surface area contributed by atoms with Crippen LogP contribution in [0.25, 0.3) is 6.08 Å². The molecule has 13 heavy (non-hydrogen) atoms. The topological polar surface area (TPSA) is 9.23 Å². The van der Waals surface area contributed by atoms with E-state index in [-0.39, 0.29) is 0 Å². The quantitative estimate of drug-likeness (QED) is 0.606. The average molecular weight is 288 g/mol. The first-order chi connectivity index (χ1) is 6.19. The van der Waals surface area contributed by atoms with Crippen molar-refractivity contribution in [1.82, 2.24) is 0 Å². The van der Waals surface area contributed by atoms with Crippen molar-refractivity contribution in [2.45, 2.75) is 10.8 Å². The van der Waals surface area contributed by atoms with Crippen molar-refractivity contribution in [2.75, 3.05) is 7.11 Å². The second kappa shape index (κ2) is 4.65. The maximum Gasteiger partial charge on any atom is 0.126 e. The van der Waals surface area contributed by atoms with Gasteiger partial charge in [-0.1, -0.05) is 41.3 Å². The van der Waals surface area contributed by atoms with Gasteiger partial charge in [-0.25, -0.2) is 0 Å². The van der Waals surface area contributed by atoms with Gasteiger partial charge in [-0.15, -0.1) is 0 Å². The molecule has 0 aromatic heterocycles. The van der Waals surface area contributed by atoms with Crippen LogP contribution in [-0.2, 0) is 0 Å². The first kappa shape index (κ1) is 10.6. The lowest BCUT2D eigenvalue weighted by Crippen LogP contribution is -1.90. The molecule has 0 aliphatic rings. The van der Waals surface area contributed by atoms with Crippen molar-refractivity contribution >= 4 is 28.7 Å². The fraction of sp³-hybridized carbons (Fsp3) is 0.273. The van der Waals surface area contributed by atoms with Crippen molar-refractivity contribution in [3.63, 3.8) is 0 Å². The first-order valence-corrected chi connectivity index (χ1v) is 5.38. The summed E-state index contributed by atoms with van der Waals surface area (Å²) in [6.45, 7) is 5.92. The molecular weight excluding hydrogens is 275 g/mol. The molecule has 0 bridgehead atoms. The number of ether oxygens (including phenoxy) is 1. The van der Waals surface area contributed by atoms with Crippen LogP contribution >= 0.6 is 22.6 Å². The Kier molecular flexibility index (Phi) is 3.78. The Bertz CT molecular complexity index is 305. The molecule has 0 saturated carbocycles. The number of rotatable bonds is 3. The van der Waals surface area contributed by atoms with Gasteiger partial charge in [0.15, 0.2) is 0 Å². The second-order valence-corrected chi connectivity index (χ2v) is 4.69. The zero-order chi connectivity index (χ0) is 9.84. The average Bonchev–Trinajstić information content (AvgIpc) is 2.16. The van der Waals surface area contributed by atoms with E-state index < -0.39 is 0 Å². The summed E-state index contributed by atoms with van der Waals surface area (Å²) >= 11 is 2.39. The Hall–Kier alpha value is -0.510. The lowest BCUT2D eigenvalue weighted by molar-refractivity contribution is 0.413. The molecular formula is C11H13IO. The molecule has 70 valence electrons. The van der Waals surface area contributed by atoms with E-state index in [1.54, 1.807) is 7.11 Å². The molecule has 1 aromatic rings. The van der Waals surface area contributed by atoms with Crippen LogP contribution in [0.4, 0.5) is 0 Å². The number of hydrogen-bond acceptors (Lipinski definition) is 1. The molecule has 1 atom stereocenters. The fourth-order valence-electron chi connectivity index (χ4n) is 1.16. The standard InChI is InChI=1S/C11H13IO/c1-4-9-7-10(8(2)12)5-6-11(9)13-3/h4-8H,1H2,2-3H3. The highest BCUT2D eigenvalue weighted by atomic mass is 127. The van der Waals surface area contributed by atoms with Gasteiger partial charge >= 0.3 is 0 Å². The van der Waals surface area contributed by atoms with Crippen molar-refractivity contribution in [3.8, 4) is 5.75 Å². The minimum absolute atomic E-state index is 0.516. The maximum absolute atomic E-state index is 5.20. The van der Waals surface area contributed by atoms with E-state index in [0.29, 0.717) is 3.92 Å². The summed E-state index contributed by atoms with van der Waals surface area (Å²) in [6.07, 6.45) is 1.82. The van der Waals surface area contributed by atoms with Gasteiger partial charge in [-0.2, -0.15) is 0 Å². The highest BCUT2D eigenvalue weighted by molar-refractivity contribution is 14.1. The van der Waals surface area contributed by atoms with Crippen molar-refractivity contribution in [1.29, 1.82) is 0 Å². The number of methoxy groups -OCH3 is 1. The van der Waals surface area contributed by atoms with Gasteiger partial charge in [0.2, 0.25) is 0 Å². The largest absolute Gasteiger partial charge is 0.496 e. The lowest BCUT2D eigenvalue weighted by atomic mass is 10.1. The molecule has 1 nitrogen and oxygen atoms in total. The Labute approximate surface area is 92.9 Å². The number of alkyl halides is 1. The van der Waals surface area contributed by atoms with E-state index in [9.17, 15) is 0 Å². The predicted octanol–water partition coefficient (Wildman–Crippen LogP) is 3.83. The predicted molar refractivity (Wildman–Crippen MR) is 65.5 cm³/mol. The molecule has 0 heterocycles. The molecule has 0 spiro atoms. The van der Waals surface area contributed by atoms with Crippen LogP contribution in [0.2, 0.25) is 0 Å². The van der Waals surface area contributed by atoms with Gasteiger partial charge in [0.1, 0.15) is 5.75 Å². The molecule has 0 radical (unpaired) electrons. The maximum atomic E-state index is 5.20. The Balaban J connectivity index is 3.13. The Morgan fingerprint density at radius 2 is 2.23 bits per heavy atom. The van der Waals surface area contributed by atoms with Crippen LogP contribution in [0.15, 0.2) is 24.8 Å². The van der Waals surface area contributed by atoms with Crippen molar-refractivity contribution in [3.05, 3.63) is 35.9 Å². The third-order valence-corrected chi connectivity index (χ3v) is 2.65. The zero-order valence-electron chi connectivity index (χ0n) is 7.88. The van der Waals surface area contributed by atoms with Gasteiger partial charge in [-0.05, 0) is 24.6 Å². The van der Waals surface area contributed by atoms with E-state index in [2.05, 4.69) is 48.2 Å². The summed E-state index contributed by atoms with van der Waals surface area (Å²) < 4.78 is 5.71. The number of halogens is 1. The molecule has 1 unspecified atom stereocenters. The van der Waals surface area contributed by atoms with Gasteiger partial charge in [-0.3, -0.25) is 0 Å². The van der Waals surface area contributed by atoms with Crippen LogP contribution < -0.4 is 4.74 Å². The van der Waals surface area contributed by atoms with E-state index >= 15 is 0 Å². The smallest absolute Gasteiger partial charge is 0.126 e. The summed E-state index contributed by atoms with van der Waals surface area (Å²) in [4.78, 5) is 0. The second-order valence-electron chi connectivity index (χ2n) is 2.82. The minimum Gasteiger partial charge on any atom is -0.496 e. The Morgan fingerprint density at radius 3 is 2.69 bits per heavy atom. The monoisotopic (exact) mass is 288 g/mol. The molecule has 1 aromatic carbocycles. The SMILES string of the molecule is C=Cc1cc(C(C)I)ccc1OC. The van der Waals surface area contributed by atoms with E-state index in [0.717, 1.165) is 11.3 Å². The van der Waals surface area contributed by atoms with Gasteiger partial charge < -0.3 is 4.74 Å². The van der Waals surface area contributed by atoms with E-state index in [4.69, 9.17) is 4.74 Å². The van der Waals surface area contributed by atoms with Crippen molar-refractivity contribution < 1.29 is 4.74 Å². The molecule has 0 amide bonds. The summed E-state index contributed by atoms with van der Waals surface area (Å²) in [7, 11) is 1.68. The van der Waals surface area contributed by atoms with Crippen molar-refractivity contribution in [2.24, 2.45) is 0 Å². The summed E-state index contributed by atoms with van der Waals surface area (Å²) in [5.74, 6) is 0.885. The molecule has 0 fully saturated rings. The highest BCUT2D eigenvalue weighted by Gasteiger charge is 2.04. The van der Waals surface area contributed by atoms with Crippen LogP contribution in [0, 0.1) is 0 Å². The molecule has 0 aliphatic carbocycles. The molecule has 0 aliphatic heterocycles. The third-order valence-electron chi connectivity index (χ3n) is 1.93. The molecule has 1 rings (SSSR count). The number of hydrogen-bond donors (Lipinski definition) is 0. The lowest BCUT2D eigenvalue weighted by Gasteiger charge is -2.08. The van der Waals surface area contributed by atoms with Crippen LogP contribution in [0.1, 0.15) is 22.0 Å². The van der Waals surface area contributed by atoms with Gasteiger partial charge in [0, 0.05) is 9.49 Å². The molecule has 0 saturated heterocycles. The van der Waals surface area contributed by atoms with E-state index in [1.807, 2.05) is 12.1 Å². The summed E-state index contributed by atoms with van der Waals surface area (Å²) in [5.41, 5.74) is 2.36. The van der Waals surface area contributed by atoms with E-state index in [1.165, 1.54) is 5.56 Å². The molecule has 0 N–H and O–H groups in total. The van der Waals surface area contributed by atoms with Gasteiger partial charge in [0.25, 0.3) is 0 Å². The van der Waals surface area contributed by atoms with Crippen LogP contribution in [0.5, 0.6) is 5.75 Å². The summed E-state index contributed by atoms with van der Waals surface area (Å²) in [5, 5.41) is 0. The highest BCUT2D eigenvalue weighted by Crippen LogP contribution is 2.28. The van der Waals surface area contributed by atoms with Crippen LogP contribution in [-0.4, -0.2) is 7.11 Å². The third kappa shape index (κ3) is 2.46. The minimum atomic E-state index is 0.516. The van der Waals surface area contributed by atoms with Crippen LogP contribution in [0.3, 0.4) is 0 Å². The van der Waals surface area contributed by atoms with Gasteiger partial charge in [0.05, 0.1) is 7.11 Å². The number of benzene rings is 1. The molecule has 2 heteroatoms. The zero-order valence-corrected chi connectivity index (χ0v) is 10.0.